The molecule has 118 valence electrons. The molecule has 0 bridgehead atoms. The smallest absolute Gasteiger partial charge is 0.246 e. The fraction of sp³-hybridized carbons (Fsp3) is 0.500. The Hall–Kier alpha value is -1.37. The van der Waals surface area contributed by atoms with Crippen LogP contribution >= 0.6 is 11.8 Å². The van der Waals surface area contributed by atoms with Crippen LogP contribution < -0.4 is 0 Å². The highest BCUT2D eigenvalue weighted by Gasteiger charge is 2.29. The number of ether oxygens (including phenoxy) is 1. The van der Waals surface area contributed by atoms with Gasteiger partial charge in [-0.15, -0.1) is 11.8 Å². The van der Waals surface area contributed by atoms with E-state index in [4.69, 9.17) is 9.26 Å². The topological polar surface area (TPSA) is 51.4 Å². The van der Waals surface area contributed by atoms with E-state index in [9.17, 15) is 0 Å². The van der Waals surface area contributed by atoms with Crippen molar-refractivity contribution in [1.82, 2.24) is 15.0 Å². The molecule has 1 fully saturated rings. The average Bonchev–Trinajstić information content (AvgIpc) is 2.95. The molecule has 0 N–H and O–H groups in total. The number of aryl methyl sites for hydroxylation is 1. The highest BCUT2D eigenvalue weighted by molar-refractivity contribution is 7.99. The molecule has 6 heteroatoms. The summed E-state index contributed by atoms with van der Waals surface area (Å²) in [5.74, 6) is 2.41. The molecule has 1 aromatic heterocycles. The number of hydrogen-bond acceptors (Lipinski definition) is 6. The Labute approximate surface area is 135 Å². The van der Waals surface area contributed by atoms with E-state index in [-0.39, 0.29) is 6.04 Å². The molecule has 2 aromatic rings. The summed E-state index contributed by atoms with van der Waals surface area (Å²) in [5.41, 5.74) is 1.31. The Balaban J connectivity index is 1.75. The normalized spacial score (nSPS) is 19.5. The second-order valence-electron chi connectivity index (χ2n) is 5.32. The van der Waals surface area contributed by atoms with Crippen LogP contribution in [0.1, 0.15) is 30.2 Å². The zero-order valence-corrected chi connectivity index (χ0v) is 13.8. The molecule has 1 aliphatic rings. The maximum Gasteiger partial charge on any atom is 0.246 e. The van der Waals surface area contributed by atoms with Gasteiger partial charge in [0.15, 0.2) is 5.82 Å². The number of rotatable bonds is 5. The first kappa shape index (κ1) is 15.5. The molecule has 1 saturated heterocycles. The summed E-state index contributed by atoms with van der Waals surface area (Å²) < 4.78 is 10.9. The van der Waals surface area contributed by atoms with Gasteiger partial charge in [-0.25, -0.2) is 0 Å². The summed E-state index contributed by atoms with van der Waals surface area (Å²) in [6, 6.07) is 8.76. The van der Waals surface area contributed by atoms with Gasteiger partial charge in [0.05, 0.1) is 13.2 Å². The van der Waals surface area contributed by atoms with E-state index in [1.807, 2.05) is 18.7 Å². The summed E-state index contributed by atoms with van der Waals surface area (Å²) in [6.45, 7) is 7.10. The lowest BCUT2D eigenvalue weighted by molar-refractivity contribution is -0.0241. The van der Waals surface area contributed by atoms with Gasteiger partial charge in [0.1, 0.15) is 6.04 Å². The number of aromatic nitrogens is 2. The molecule has 1 aliphatic heterocycles. The lowest BCUT2D eigenvalue weighted by Gasteiger charge is -2.33. The largest absolute Gasteiger partial charge is 0.378 e. The minimum Gasteiger partial charge on any atom is -0.378 e. The van der Waals surface area contributed by atoms with E-state index in [0.717, 1.165) is 25.4 Å². The van der Waals surface area contributed by atoms with Crippen LogP contribution in [0.25, 0.3) is 0 Å². The Kier molecular flexibility index (Phi) is 5.12. The first-order valence-corrected chi connectivity index (χ1v) is 8.58. The number of thioether (sulfide) groups is 1. The first-order valence-electron chi connectivity index (χ1n) is 7.60. The third-order valence-corrected chi connectivity index (χ3v) is 4.54. The van der Waals surface area contributed by atoms with E-state index in [2.05, 4.69) is 46.2 Å². The lowest BCUT2D eigenvalue weighted by Crippen LogP contribution is -2.39. The van der Waals surface area contributed by atoms with E-state index in [1.165, 1.54) is 10.5 Å². The summed E-state index contributed by atoms with van der Waals surface area (Å²) in [5, 5.41) is 3.90. The van der Waals surface area contributed by atoms with Crippen molar-refractivity contribution in [3.05, 3.63) is 41.5 Å². The molecule has 0 saturated carbocycles. The number of hydrogen-bond donors (Lipinski definition) is 0. The molecule has 0 spiro atoms. The van der Waals surface area contributed by atoms with E-state index >= 15 is 0 Å². The zero-order valence-electron chi connectivity index (χ0n) is 13.0. The lowest BCUT2D eigenvalue weighted by atomic mass is 10.1. The van der Waals surface area contributed by atoms with Crippen molar-refractivity contribution in [2.24, 2.45) is 0 Å². The van der Waals surface area contributed by atoms with Gasteiger partial charge < -0.3 is 9.26 Å². The number of nitrogens with zero attached hydrogens (tertiary/aromatic N) is 3. The van der Waals surface area contributed by atoms with E-state index in [0.29, 0.717) is 18.3 Å². The van der Waals surface area contributed by atoms with Crippen LogP contribution in [-0.2, 0) is 11.3 Å². The number of morpholine rings is 1. The predicted octanol–water partition coefficient (Wildman–Crippen LogP) is 3.06. The predicted molar refractivity (Wildman–Crippen MR) is 85.8 cm³/mol. The van der Waals surface area contributed by atoms with Gasteiger partial charge in [-0.3, -0.25) is 4.90 Å². The van der Waals surface area contributed by atoms with Crippen molar-refractivity contribution in [2.45, 2.75) is 31.3 Å². The molecule has 5 nitrogen and oxygen atoms in total. The zero-order chi connectivity index (χ0) is 15.4. The maximum atomic E-state index is 5.60. The summed E-state index contributed by atoms with van der Waals surface area (Å²) in [6.07, 6.45) is 0. The Bertz CT molecular complexity index is 617. The van der Waals surface area contributed by atoms with E-state index < -0.39 is 0 Å². The third kappa shape index (κ3) is 3.69. The summed E-state index contributed by atoms with van der Waals surface area (Å²) >= 11 is 1.87. The van der Waals surface area contributed by atoms with Gasteiger partial charge in [-0.05, 0) is 30.4 Å². The molecule has 0 amide bonds. The van der Waals surface area contributed by atoms with Crippen molar-refractivity contribution in [3.63, 3.8) is 0 Å². The SMILES string of the molecule is CCSc1cccc(CN2CCOCC2c2nc(C)no2)c1. The van der Waals surface area contributed by atoms with Crippen molar-refractivity contribution in [3.8, 4) is 0 Å². The molecule has 1 unspecified atom stereocenters. The monoisotopic (exact) mass is 319 g/mol. The van der Waals surface area contributed by atoms with Crippen LogP contribution in [0, 0.1) is 6.92 Å². The average molecular weight is 319 g/mol. The summed E-state index contributed by atoms with van der Waals surface area (Å²) in [7, 11) is 0. The Morgan fingerprint density at radius 2 is 2.32 bits per heavy atom. The standard InChI is InChI=1S/C16H21N3O2S/c1-3-22-14-6-4-5-13(9-14)10-19-7-8-20-11-15(19)16-17-12(2)18-21-16/h4-6,9,15H,3,7-8,10-11H2,1-2H3. The van der Waals surface area contributed by atoms with Gasteiger partial charge in [-0.1, -0.05) is 24.2 Å². The highest BCUT2D eigenvalue weighted by atomic mass is 32.2. The van der Waals surface area contributed by atoms with Gasteiger partial charge in [-0.2, -0.15) is 4.98 Å². The van der Waals surface area contributed by atoms with Gasteiger partial charge >= 0.3 is 0 Å². The highest BCUT2D eigenvalue weighted by Crippen LogP contribution is 2.26. The third-order valence-electron chi connectivity index (χ3n) is 3.66. The molecule has 1 aromatic carbocycles. The maximum absolute atomic E-state index is 5.60. The van der Waals surface area contributed by atoms with E-state index in [1.54, 1.807) is 0 Å². The first-order chi connectivity index (χ1) is 10.8. The molecular weight excluding hydrogens is 298 g/mol. The second-order valence-corrected chi connectivity index (χ2v) is 6.66. The Morgan fingerprint density at radius 1 is 1.41 bits per heavy atom. The molecule has 22 heavy (non-hydrogen) atoms. The van der Waals surface area contributed by atoms with Crippen LogP contribution in [-0.4, -0.2) is 40.6 Å². The quantitative estimate of drug-likeness (QED) is 0.790. The minimum absolute atomic E-state index is 0.0393. The molecule has 2 heterocycles. The van der Waals surface area contributed by atoms with Crippen LogP contribution in [0.3, 0.4) is 0 Å². The molecule has 0 aliphatic carbocycles. The fourth-order valence-corrected chi connectivity index (χ4v) is 3.38. The van der Waals surface area contributed by atoms with Crippen LogP contribution in [0.4, 0.5) is 0 Å². The Morgan fingerprint density at radius 3 is 3.09 bits per heavy atom. The fourth-order valence-electron chi connectivity index (χ4n) is 2.64. The molecule has 1 atom stereocenters. The van der Waals surface area contributed by atoms with Crippen molar-refractivity contribution in [1.29, 1.82) is 0 Å². The van der Waals surface area contributed by atoms with Crippen molar-refractivity contribution >= 4 is 11.8 Å². The van der Waals surface area contributed by atoms with Gasteiger partial charge in [0.2, 0.25) is 5.89 Å². The van der Waals surface area contributed by atoms with Crippen molar-refractivity contribution < 1.29 is 9.26 Å². The molecular formula is C16H21N3O2S. The number of benzene rings is 1. The summed E-state index contributed by atoms with van der Waals surface area (Å²) in [4.78, 5) is 8.04. The van der Waals surface area contributed by atoms with Gasteiger partial charge in [0, 0.05) is 18.0 Å². The molecule has 3 rings (SSSR count). The molecule has 0 radical (unpaired) electrons. The van der Waals surface area contributed by atoms with Crippen LogP contribution in [0.5, 0.6) is 0 Å². The minimum atomic E-state index is 0.0393. The van der Waals surface area contributed by atoms with Crippen LogP contribution in [0.15, 0.2) is 33.7 Å². The van der Waals surface area contributed by atoms with Crippen molar-refractivity contribution in [2.75, 3.05) is 25.5 Å². The van der Waals surface area contributed by atoms with Gasteiger partial charge in [0.25, 0.3) is 0 Å². The van der Waals surface area contributed by atoms with Crippen LogP contribution in [0.2, 0.25) is 0 Å². The second kappa shape index (κ2) is 7.26.